The van der Waals surface area contributed by atoms with Crippen LogP contribution in [0.25, 0.3) is 0 Å². The van der Waals surface area contributed by atoms with Crippen LogP contribution >= 0.6 is 0 Å². The summed E-state index contributed by atoms with van der Waals surface area (Å²) in [5.41, 5.74) is 1.14. The highest BCUT2D eigenvalue weighted by molar-refractivity contribution is 5.78. The monoisotopic (exact) mass is 236 g/mol. The molecule has 4 nitrogen and oxygen atoms in total. The number of hydrogen-bond acceptors (Lipinski definition) is 3. The fraction of sp³-hybridized carbons (Fsp3) is 0.538. The quantitative estimate of drug-likeness (QED) is 0.774. The molecule has 2 N–H and O–H groups in total. The number of nitrogens with one attached hydrogen (secondary N) is 1. The van der Waals surface area contributed by atoms with Crippen LogP contribution in [0.1, 0.15) is 19.4 Å². The van der Waals surface area contributed by atoms with E-state index in [4.69, 9.17) is 5.11 Å². The summed E-state index contributed by atoms with van der Waals surface area (Å²) < 4.78 is 0. The van der Waals surface area contributed by atoms with Crippen LogP contribution < -0.4 is 5.32 Å². The van der Waals surface area contributed by atoms with Gasteiger partial charge in [0.05, 0.1) is 12.5 Å². The first-order valence-corrected chi connectivity index (χ1v) is 5.92. The topological polar surface area (TPSA) is 62.2 Å². The summed E-state index contributed by atoms with van der Waals surface area (Å²) in [5.74, 6) is -0.232. The molecular weight excluding hydrogens is 216 g/mol. The molecule has 0 saturated heterocycles. The number of aromatic nitrogens is 1. The zero-order chi connectivity index (χ0) is 12.7. The zero-order valence-corrected chi connectivity index (χ0v) is 10.4. The fourth-order valence-electron chi connectivity index (χ4n) is 1.61. The lowest BCUT2D eigenvalue weighted by molar-refractivity contribution is -0.127. The van der Waals surface area contributed by atoms with Gasteiger partial charge in [-0.15, -0.1) is 0 Å². The number of carbonyl (C=O) groups is 1. The van der Waals surface area contributed by atoms with E-state index in [9.17, 15) is 4.79 Å². The molecule has 1 unspecified atom stereocenters. The summed E-state index contributed by atoms with van der Waals surface area (Å²) in [7, 11) is 0. The molecule has 1 rings (SSSR count). The van der Waals surface area contributed by atoms with Gasteiger partial charge in [-0.25, -0.2) is 0 Å². The molecule has 0 saturated carbocycles. The lowest BCUT2D eigenvalue weighted by atomic mass is 9.96. The van der Waals surface area contributed by atoms with Crippen LogP contribution in [0, 0.1) is 11.8 Å². The maximum atomic E-state index is 11.7. The van der Waals surface area contributed by atoms with E-state index in [1.54, 1.807) is 12.4 Å². The number of amides is 1. The molecule has 1 amide bonds. The van der Waals surface area contributed by atoms with Crippen molar-refractivity contribution in [1.29, 1.82) is 0 Å². The first-order chi connectivity index (χ1) is 8.15. The Labute approximate surface area is 102 Å². The van der Waals surface area contributed by atoms with Gasteiger partial charge in [0.15, 0.2) is 0 Å². The molecule has 0 spiro atoms. The Kier molecular flexibility index (Phi) is 5.63. The second-order valence-corrected chi connectivity index (χ2v) is 4.43. The predicted molar refractivity (Wildman–Crippen MR) is 66.4 cm³/mol. The van der Waals surface area contributed by atoms with E-state index >= 15 is 0 Å². The van der Waals surface area contributed by atoms with Crippen LogP contribution in [0.3, 0.4) is 0 Å². The maximum absolute atomic E-state index is 11.7. The Hall–Kier alpha value is -1.42. The molecule has 0 radical (unpaired) electrons. The molecule has 94 valence electrons. The third-order valence-electron chi connectivity index (χ3n) is 2.80. The van der Waals surface area contributed by atoms with Gasteiger partial charge in [-0.05, 0) is 30.0 Å². The fourth-order valence-corrected chi connectivity index (χ4v) is 1.61. The number of aliphatic hydroxyl groups excluding tert-OH is 1. The highest BCUT2D eigenvalue weighted by Crippen LogP contribution is 2.09. The van der Waals surface area contributed by atoms with Gasteiger partial charge >= 0.3 is 0 Å². The molecule has 17 heavy (non-hydrogen) atoms. The van der Waals surface area contributed by atoms with Crippen LogP contribution in [0.2, 0.25) is 0 Å². The van der Waals surface area contributed by atoms with Crippen molar-refractivity contribution >= 4 is 5.91 Å². The number of aliphatic hydroxyl groups is 1. The van der Waals surface area contributed by atoms with Crippen LogP contribution in [0.4, 0.5) is 0 Å². The van der Waals surface area contributed by atoms with Crippen molar-refractivity contribution in [3.05, 3.63) is 30.1 Å². The maximum Gasteiger partial charge on any atom is 0.225 e. The van der Waals surface area contributed by atoms with Crippen LogP contribution in [0.5, 0.6) is 0 Å². The molecule has 0 fully saturated rings. The second kappa shape index (κ2) is 7.01. The SMILES string of the molecule is CC(C)C(CO)C(=O)NCCc1ccncc1. The van der Waals surface area contributed by atoms with Gasteiger partial charge < -0.3 is 10.4 Å². The van der Waals surface area contributed by atoms with Crippen molar-refractivity contribution in [1.82, 2.24) is 10.3 Å². The molecule has 0 aliphatic carbocycles. The molecule has 1 atom stereocenters. The molecule has 0 bridgehead atoms. The summed E-state index contributed by atoms with van der Waals surface area (Å²) in [6.07, 6.45) is 4.26. The number of nitrogens with zero attached hydrogens (tertiary/aromatic N) is 1. The van der Waals surface area contributed by atoms with Gasteiger partial charge in [0.1, 0.15) is 0 Å². The van der Waals surface area contributed by atoms with Gasteiger partial charge in [-0.3, -0.25) is 9.78 Å². The van der Waals surface area contributed by atoms with Crippen LogP contribution in [-0.4, -0.2) is 29.1 Å². The lowest BCUT2D eigenvalue weighted by Gasteiger charge is -2.17. The van der Waals surface area contributed by atoms with Gasteiger partial charge in [-0.2, -0.15) is 0 Å². The molecule has 0 aliphatic rings. The van der Waals surface area contributed by atoms with Crippen molar-refractivity contribution in [3.63, 3.8) is 0 Å². The van der Waals surface area contributed by atoms with Gasteiger partial charge in [0.2, 0.25) is 5.91 Å². The largest absolute Gasteiger partial charge is 0.396 e. The third kappa shape index (κ3) is 4.53. The summed E-state index contributed by atoms with van der Waals surface area (Å²) in [6, 6.07) is 3.86. The standard InChI is InChI=1S/C13H20N2O2/c1-10(2)12(9-16)13(17)15-8-5-11-3-6-14-7-4-11/h3-4,6-7,10,12,16H,5,8-9H2,1-2H3,(H,15,17). The van der Waals surface area contributed by atoms with Crippen molar-refractivity contribution < 1.29 is 9.90 Å². The van der Waals surface area contributed by atoms with Gasteiger partial charge in [0, 0.05) is 18.9 Å². The number of pyridine rings is 1. The van der Waals surface area contributed by atoms with Crippen LogP contribution in [0.15, 0.2) is 24.5 Å². The number of hydrogen-bond donors (Lipinski definition) is 2. The summed E-state index contributed by atoms with van der Waals surface area (Å²) in [6.45, 7) is 4.36. The highest BCUT2D eigenvalue weighted by atomic mass is 16.3. The average molecular weight is 236 g/mol. The normalized spacial score (nSPS) is 12.5. The first kappa shape index (κ1) is 13.6. The Bertz CT molecular complexity index is 339. The Balaban J connectivity index is 2.33. The van der Waals surface area contributed by atoms with Crippen molar-refractivity contribution in [2.75, 3.05) is 13.2 Å². The summed E-state index contributed by atoms with van der Waals surface area (Å²) in [5, 5.41) is 12.0. The Morgan fingerprint density at radius 3 is 2.59 bits per heavy atom. The summed E-state index contributed by atoms with van der Waals surface area (Å²) in [4.78, 5) is 15.7. The van der Waals surface area contributed by atoms with E-state index in [1.165, 1.54) is 0 Å². The minimum atomic E-state index is -0.313. The van der Waals surface area contributed by atoms with E-state index in [2.05, 4.69) is 10.3 Å². The minimum Gasteiger partial charge on any atom is -0.396 e. The van der Waals surface area contributed by atoms with Crippen molar-refractivity contribution in [2.24, 2.45) is 11.8 Å². The molecule has 0 aromatic carbocycles. The average Bonchev–Trinajstić information content (AvgIpc) is 2.30. The predicted octanol–water partition coefficient (Wildman–Crippen LogP) is 1.00. The first-order valence-electron chi connectivity index (χ1n) is 5.92. The van der Waals surface area contributed by atoms with Crippen LogP contribution in [-0.2, 0) is 11.2 Å². The van der Waals surface area contributed by atoms with E-state index in [-0.39, 0.29) is 24.3 Å². The molecular formula is C13H20N2O2. The summed E-state index contributed by atoms with van der Waals surface area (Å²) >= 11 is 0. The highest BCUT2D eigenvalue weighted by Gasteiger charge is 2.20. The molecule has 0 aliphatic heterocycles. The minimum absolute atomic E-state index is 0.0726. The van der Waals surface area contributed by atoms with E-state index in [0.29, 0.717) is 6.54 Å². The van der Waals surface area contributed by atoms with Crippen molar-refractivity contribution in [2.45, 2.75) is 20.3 Å². The lowest BCUT2D eigenvalue weighted by Crippen LogP contribution is -2.36. The van der Waals surface area contributed by atoms with E-state index in [0.717, 1.165) is 12.0 Å². The number of carbonyl (C=O) groups excluding carboxylic acids is 1. The van der Waals surface area contributed by atoms with Gasteiger partial charge in [-0.1, -0.05) is 13.8 Å². The molecule has 1 aromatic heterocycles. The molecule has 1 aromatic rings. The molecule has 4 heteroatoms. The third-order valence-corrected chi connectivity index (χ3v) is 2.80. The smallest absolute Gasteiger partial charge is 0.225 e. The number of rotatable bonds is 6. The van der Waals surface area contributed by atoms with Crippen molar-refractivity contribution in [3.8, 4) is 0 Å². The second-order valence-electron chi connectivity index (χ2n) is 4.43. The molecule has 1 heterocycles. The zero-order valence-electron chi connectivity index (χ0n) is 10.4. The van der Waals surface area contributed by atoms with E-state index < -0.39 is 0 Å². The van der Waals surface area contributed by atoms with E-state index in [1.807, 2.05) is 26.0 Å². The Morgan fingerprint density at radius 1 is 1.41 bits per heavy atom. The van der Waals surface area contributed by atoms with Gasteiger partial charge in [0.25, 0.3) is 0 Å². The Morgan fingerprint density at radius 2 is 2.06 bits per heavy atom.